The quantitative estimate of drug-likeness (QED) is 0.721. The molecule has 0 aliphatic carbocycles. The van der Waals surface area contributed by atoms with E-state index in [0.717, 1.165) is 5.56 Å². The van der Waals surface area contributed by atoms with Crippen molar-refractivity contribution in [3.63, 3.8) is 0 Å². The minimum Gasteiger partial charge on any atom is -0.482 e. The van der Waals surface area contributed by atoms with Crippen molar-refractivity contribution in [3.8, 4) is 5.75 Å². The zero-order valence-corrected chi connectivity index (χ0v) is 9.26. The summed E-state index contributed by atoms with van der Waals surface area (Å²) in [5, 5.41) is -0.483. The normalized spacial score (nSPS) is 12.3. The third-order valence-corrected chi connectivity index (χ3v) is 2.42. The highest BCUT2D eigenvalue weighted by Gasteiger charge is 2.11. The molecule has 1 aromatic carbocycles. The molecule has 2 nitrogen and oxygen atoms in total. The Bertz CT molecular complexity index is 347. The molecule has 0 fully saturated rings. The smallest absolute Gasteiger partial charge is 0.262 e. The van der Waals surface area contributed by atoms with Gasteiger partial charge in [0, 0.05) is 0 Å². The molecule has 0 radical (unpaired) electrons. The van der Waals surface area contributed by atoms with Gasteiger partial charge in [0.15, 0.2) is 6.10 Å². The van der Waals surface area contributed by atoms with Crippen LogP contribution >= 0.6 is 11.6 Å². The molecule has 0 amide bonds. The van der Waals surface area contributed by atoms with Crippen LogP contribution in [0.15, 0.2) is 18.2 Å². The van der Waals surface area contributed by atoms with Gasteiger partial charge in [-0.15, -0.1) is 0 Å². The van der Waals surface area contributed by atoms with E-state index in [4.69, 9.17) is 16.3 Å². The number of aryl methyl sites for hydroxylation is 2. The average Bonchev–Trinajstić information content (AvgIpc) is 2.11. The van der Waals surface area contributed by atoms with Crippen molar-refractivity contribution in [2.45, 2.75) is 26.9 Å². The summed E-state index contributed by atoms with van der Waals surface area (Å²) in [6, 6.07) is 5.68. The predicted octanol–water partition coefficient (Wildman–Crippen LogP) is 2.84. The second kappa shape index (κ2) is 4.47. The minimum atomic E-state index is -0.598. The van der Waals surface area contributed by atoms with Gasteiger partial charge in [-0.2, -0.15) is 0 Å². The first kappa shape index (κ1) is 11.1. The summed E-state index contributed by atoms with van der Waals surface area (Å²) in [6.45, 7) is 5.65. The molecule has 14 heavy (non-hydrogen) atoms. The lowest BCUT2D eigenvalue weighted by Gasteiger charge is -2.11. The van der Waals surface area contributed by atoms with Crippen LogP contribution in [0.5, 0.6) is 5.75 Å². The molecule has 1 atom stereocenters. The highest BCUT2D eigenvalue weighted by molar-refractivity contribution is 6.64. The van der Waals surface area contributed by atoms with Crippen molar-refractivity contribution in [1.82, 2.24) is 0 Å². The Labute approximate surface area is 88.8 Å². The molecule has 1 unspecified atom stereocenters. The van der Waals surface area contributed by atoms with E-state index < -0.39 is 11.3 Å². The van der Waals surface area contributed by atoms with Crippen LogP contribution in [0.4, 0.5) is 0 Å². The van der Waals surface area contributed by atoms with Gasteiger partial charge in [-0.05, 0) is 55.6 Å². The SMILES string of the molecule is Cc1ccc(OC(C)C(=O)Cl)cc1C. The number of carbonyl (C=O) groups is 1. The summed E-state index contributed by atoms with van der Waals surface area (Å²) < 4.78 is 5.33. The Morgan fingerprint density at radius 2 is 2.00 bits per heavy atom. The van der Waals surface area contributed by atoms with Crippen LogP contribution < -0.4 is 4.74 Å². The van der Waals surface area contributed by atoms with Gasteiger partial charge in [0.1, 0.15) is 5.75 Å². The summed E-state index contributed by atoms with van der Waals surface area (Å²) in [7, 11) is 0. The van der Waals surface area contributed by atoms with E-state index in [0.29, 0.717) is 5.75 Å². The monoisotopic (exact) mass is 212 g/mol. The number of rotatable bonds is 3. The van der Waals surface area contributed by atoms with Crippen molar-refractivity contribution in [1.29, 1.82) is 0 Å². The fraction of sp³-hybridized carbons (Fsp3) is 0.364. The molecule has 0 aliphatic rings. The van der Waals surface area contributed by atoms with Crippen LogP contribution in [0.1, 0.15) is 18.1 Å². The van der Waals surface area contributed by atoms with Crippen LogP contribution in [-0.2, 0) is 4.79 Å². The first-order valence-electron chi connectivity index (χ1n) is 4.44. The van der Waals surface area contributed by atoms with Gasteiger partial charge >= 0.3 is 0 Å². The minimum absolute atomic E-state index is 0.483. The fourth-order valence-corrected chi connectivity index (χ4v) is 1.08. The van der Waals surface area contributed by atoms with Crippen LogP contribution in [0, 0.1) is 13.8 Å². The van der Waals surface area contributed by atoms with E-state index in [-0.39, 0.29) is 0 Å². The maximum absolute atomic E-state index is 10.7. The van der Waals surface area contributed by atoms with Gasteiger partial charge in [0.2, 0.25) is 0 Å². The molecule has 1 aromatic rings. The number of benzene rings is 1. The standard InChI is InChI=1S/C11H13ClO2/c1-7-4-5-10(6-8(7)2)14-9(3)11(12)13/h4-6,9H,1-3H3. The molecule has 0 aliphatic heterocycles. The molecule has 0 bridgehead atoms. The van der Waals surface area contributed by atoms with Crippen LogP contribution in [-0.4, -0.2) is 11.3 Å². The lowest BCUT2D eigenvalue weighted by molar-refractivity contribution is -0.117. The van der Waals surface area contributed by atoms with Gasteiger partial charge in [0.25, 0.3) is 5.24 Å². The molecule has 0 saturated carbocycles. The van der Waals surface area contributed by atoms with E-state index in [2.05, 4.69) is 0 Å². The van der Waals surface area contributed by atoms with Crippen molar-refractivity contribution < 1.29 is 9.53 Å². The Morgan fingerprint density at radius 1 is 1.36 bits per heavy atom. The first-order valence-corrected chi connectivity index (χ1v) is 4.81. The number of carbonyl (C=O) groups excluding carboxylic acids is 1. The Kier molecular flexibility index (Phi) is 3.53. The van der Waals surface area contributed by atoms with E-state index in [1.807, 2.05) is 32.0 Å². The highest BCUT2D eigenvalue weighted by atomic mass is 35.5. The zero-order valence-electron chi connectivity index (χ0n) is 8.50. The molecule has 76 valence electrons. The maximum atomic E-state index is 10.7. The topological polar surface area (TPSA) is 26.3 Å². The van der Waals surface area contributed by atoms with Gasteiger partial charge in [0.05, 0.1) is 0 Å². The van der Waals surface area contributed by atoms with Gasteiger partial charge in [-0.25, -0.2) is 0 Å². The fourth-order valence-electron chi connectivity index (χ4n) is 1.04. The second-order valence-electron chi connectivity index (χ2n) is 3.31. The number of hydrogen-bond donors (Lipinski definition) is 0. The van der Waals surface area contributed by atoms with Gasteiger partial charge < -0.3 is 4.74 Å². The molecule has 0 N–H and O–H groups in total. The Hall–Kier alpha value is -1.02. The number of hydrogen-bond acceptors (Lipinski definition) is 2. The summed E-state index contributed by atoms with van der Waals surface area (Å²) in [5.41, 5.74) is 2.33. The van der Waals surface area contributed by atoms with Crippen LogP contribution in [0.2, 0.25) is 0 Å². The molecule has 0 heterocycles. The highest BCUT2D eigenvalue weighted by Crippen LogP contribution is 2.18. The summed E-state index contributed by atoms with van der Waals surface area (Å²) >= 11 is 5.29. The van der Waals surface area contributed by atoms with E-state index in [9.17, 15) is 4.79 Å². The molecule has 0 spiro atoms. The average molecular weight is 213 g/mol. The maximum Gasteiger partial charge on any atom is 0.262 e. The van der Waals surface area contributed by atoms with Crippen molar-refractivity contribution in [2.75, 3.05) is 0 Å². The third kappa shape index (κ3) is 2.74. The van der Waals surface area contributed by atoms with Crippen LogP contribution in [0.3, 0.4) is 0 Å². The lowest BCUT2D eigenvalue weighted by atomic mass is 10.1. The molecule has 3 heteroatoms. The van der Waals surface area contributed by atoms with Crippen molar-refractivity contribution in [3.05, 3.63) is 29.3 Å². The molecular formula is C11H13ClO2. The molecule has 1 rings (SSSR count). The molecule has 0 aromatic heterocycles. The Morgan fingerprint density at radius 3 is 2.50 bits per heavy atom. The summed E-state index contributed by atoms with van der Waals surface area (Å²) in [6.07, 6.45) is -0.598. The van der Waals surface area contributed by atoms with E-state index in [1.165, 1.54) is 5.56 Å². The van der Waals surface area contributed by atoms with Gasteiger partial charge in [-0.1, -0.05) is 6.07 Å². The number of halogens is 1. The molecular weight excluding hydrogens is 200 g/mol. The zero-order chi connectivity index (χ0) is 10.7. The second-order valence-corrected chi connectivity index (χ2v) is 3.68. The van der Waals surface area contributed by atoms with Crippen molar-refractivity contribution in [2.24, 2.45) is 0 Å². The van der Waals surface area contributed by atoms with Crippen LogP contribution in [0.25, 0.3) is 0 Å². The lowest BCUT2D eigenvalue weighted by Crippen LogP contribution is -2.18. The van der Waals surface area contributed by atoms with E-state index >= 15 is 0 Å². The molecule has 0 saturated heterocycles. The van der Waals surface area contributed by atoms with E-state index in [1.54, 1.807) is 6.92 Å². The predicted molar refractivity (Wildman–Crippen MR) is 56.9 cm³/mol. The summed E-state index contributed by atoms with van der Waals surface area (Å²) in [4.78, 5) is 10.7. The van der Waals surface area contributed by atoms with Crippen molar-refractivity contribution >= 4 is 16.8 Å². The first-order chi connectivity index (χ1) is 6.50. The summed E-state index contributed by atoms with van der Waals surface area (Å²) in [5.74, 6) is 0.676. The third-order valence-electron chi connectivity index (χ3n) is 2.11. The Balaban J connectivity index is 2.78. The number of ether oxygens (including phenoxy) is 1. The van der Waals surface area contributed by atoms with Gasteiger partial charge in [-0.3, -0.25) is 4.79 Å². The largest absolute Gasteiger partial charge is 0.482 e.